The Balaban J connectivity index is 1.62. The van der Waals surface area contributed by atoms with Gasteiger partial charge in [-0.3, -0.25) is 18.9 Å². The largest absolute Gasteiger partial charge is 0.460 e. The summed E-state index contributed by atoms with van der Waals surface area (Å²) in [6, 6.07) is 6.10. The molecule has 1 aliphatic carbocycles. The molecule has 160 valence electrons. The number of fused-ring (bicyclic) bond motifs is 3. The molecule has 0 unspecified atom stereocenters. The van der Waals surface area contributed by atoms with Crippen molar-refractivity contribution in [2.45, 2.75) is 64.5 Å². The number of hydrogen-bond donors (Lipinski definition) is 0. The van der Waals surface area contributed by atoms with E-state index < -0.39 is 5.60 Å². The number of carbonyl (C=O) groups excluding carboxylic acids is 1. The number of nitrogens with zero attached hydrogens (tertiary/aromatic N) is 3. The molecule has 1 aromatic carbocycles. The van der Waals surface area contributed by atoms with E-state index in [0.29, 0.717) is 12.3 Å². The molecule has 0 spiro atoms. The zero-order chi connectivity index (χ0) is 21.6. The highest BCUT2D eigenvalue weighted by Gasteiger charge is 2.29. The van der Waals surface area contributed by atoms with Crippen molar-refractivity contribution in [2.24, 2.45) is 13.0 Å². The van der Waals surface area contributed by atoms with E-state index in [1.165, 1.54) is 0 Å². The molecule has 0 bridgehead atoms. The number of rotatable bonds is 3. The number of ether oxygens (including phenoxy) is 1. The summed E-state index contributed by atoms with van der Waals surface area (Å²) in [6.07, 6.45) is 5.83. The number of pyridine rings is 1. The lowest BCUT2D eigenvalue weighted by Crippen LogP contribution is -2.30. The fraction of sp³-hybridized carbons (Fsp3) is 0.522. The summed E-state index contributed by atoms with van der Waals surface area (Å²) < 4.78 is 10.1. The van der Waals surface area contributed by atoms with Crippen LogP contribution in [0.2, 0.25) is 0 Å². The van der Waals surface area contributed by atoms with Gasteiger partial charge < -0.3 is 4.74 Å². The number of carbonyl (C=O) groups is 1. The van der Waals surface area contributed by atoms with Crippen LogP contribution in [0.4, 0.5) is 0 Å². The maximum Gasteiger partial charge on any atom is 0.329 e. The molecule has 1 fully saturated rings. The molecule has 7 heteroatoms. The molecule has 30 heavy (non-hydrogen) atoms. The lowest BCUT2D eigenvalue weighted by atomic mass is 9.84. The first kappa shape index (κ1) is 21.1. The van der Waals surface area contributed by atoms with Crippen LogP contribution in [0.5, 0.6) is 0 Å². The lowest BCUT2D eigenvalue weighted by molar-refractivity contribution is -0.156. The van der Waals surface area contributed by atoms with Crippen LogP contribution in [-0.4, -0.2) is 25.7 Å². The average Bonchev–Trinajstić information content (AvgIpc) is 2.92. The second-order valence-electron chi connectivity index (χ2n) is 9.33. The summed E-state index contributed by atoms with van der Waals surface area (Å²) >= 11 is 3.55. The molecule has 4 rings (SSSR count). The highest BCUT2D eigenvalue weighted by molar-refractivity contribution is 9.10. The van der Waals surface area contributed by atoms with Gasteiger partial charge in [0.15, 0.2) is 0 Å². The minimum absolute atomic E-state index is 0.00475. The molecule has 3 aromatic rings. The lowest BCUT2D eigenvalue weighted by Gasteiger charge is -2.30. The van der Waals surface area contributed by atoms with Crippen molar-refractivity contribution in [3.8, 4) is 0 Å². The van der Waals surface area contributed by atoms with E-state index in [4.69, 9.17) is 4.74 Å². The van der Waals surface area contributed by atoms with E-state index in [2.05, 4.69) is 20.9 Å². The van der Waals surface area contributed by atoms with Gasteiger partial charge in [0.05, 0.1) is 22.7 Å². The van der Waals surface area contributed by atoms with Crippen LogP contribution in [-0.2, 0) is 16.6 Å². The van der Waals surface area contributed by atoms with Crippen LogP contribution in [0.3, 0.4) is 0 Å². The molecule has 6 nitrogen and oxygen atoms in total. The van der Waals surface area contributed by atoms with Gasteiger partial charge in [-0.05, 0) is 70.6 Å². The van der Waals surface area contributed by atoms with Gasteiger partial charge in [-0.2, -0.15) is 0 Å². The minimum Gasteiger partial charge on any atom is -0.460 e. The molecule has 0 aliphatic heterocycles. The normalized spacial score (nSPS) is 20.0. The topological polar surface area (TPSA) is 66.1 Å². The standard InChI is InChI=1S/C23H28BrN3O3/c1-23(2,3)30-20(28)11-14-5-8-16(9-6-14)27-21-17-12-15(24)7-10-18(17)25-13-19(21)26(4)22(27)29/h7,10,12-14,16H,5-6,8-9,11H2,1-4H3. The van der Waals surface area contributed by atoms with E-state index in [1.807, 2.05) is 43.5 Å². The van der Waals surface area contributed by atoms with Gasteiger partial charge in [-0.1, -0.05) is 15.9 Å². The van der Waals surface area contributed by atoms with Gasteiger partial charge >= 0.3 is 11.7 Å². The van der Waals surface area contributed by atoms with Crippen molar-refractivity contribution < 1.29 is 9.53 Å². The van der Waals surface area contributed by atoms with Gasteiger partial charge in [0.25, 0.3) is 0 Å². The number of aromatic nitrogens is 3. The molecule has 2 aromatic heterocycles. The third-order valence-electron chi connectivity index (χ3n) is 5.93. The zero-order valence-electron chi connectivity index (χ0n) is 17.9. The smallest absolute Gasteiger partial charge is 0.329 e. The van der Waals surface area contributed by atoms with Crippen LogP contribution < -0.4 is 5.69 Å². The van der Waals surface area contributed by atoms with E-state index in [-0.39, 0.29) is 17.7 Å². The summed E-state index contributed by atoms with van der Waals surface area (Å²) in [4.78, 5) is 29.9. The Hall–Kier alpha value is -2.15. The zero-order valence-corrected chi connectivity index (χ0v) is 19.5. The predicted molar refractivity (Wildman–Crippen MR) is 122 cm³/mol. The first-order valence-electron chi connectivity index (χ1n) is 10.5. The molecule has 0 N–H and O–H groups in total. The molecule has 0 atom stereocenters. The highest BCUT2D eigenvalue weighted by atomic mass is 79.9. The van der Waals surface area contributed by atoms with E-state index in [1.54, 1.807) is 17.8 Å². The fourth-order valence-corrected chi connectivity index (χ4v) is 4.93. The molecular formula is C23H28BrN3O3. The van der Waals surface area contributed by atoms with Gasteiger partial charge in [-0.15, -0.1) is 0 Å². The Morgan fingerprint density at radius 3 is 2.60 bits per heavy atom. The Morgan fingerprint density at radius 1 is 1.23 bits per heavy atom. The van der Waals surface area contributed by atoms with Crippen molar-refractivity contribution in [2.75, 3.05) is 0 Å². The Labute approximate surface area is 184 Å². The van der Waals surface area contributed by atoms with E-state index >= 15 is 0 Å². The summed E-state index contributed by atoms with van der Waals surface area (Å²) in [5, 5.41) is 0.982. The van der Waals surface area contributed by atoms with Crippen molar-refractivity contribution in [1.29, 1.82) is 0 Å². The van der Waals surface area contributed by atoms with Gasteiger partial charge in [0.1, 0.15) is 5.60 Å². The summed E-state index contributed by atoms with van der Waals surface area (Å²) in [5.41, 5.74) is 2.22. The maximum absolute atomic E-state index is 13.1. The van der Waals surface area contributed by atoms with Gasteiger partial charge in [-0.25, -0.2) is 4.79 Å². The monoisotopic (exact) mass is 473 g/mol. The van der Waals surface area contributed by atoms with Crippen molar-refractivity contribution in [3.05, 3.63) is 39.4 Å². The van der Waals surface area contributed by atoms with Crippen molar-refractivity contribution in [1.82, 2.24) is 14.1 Å². The molecule has 0 amide bonds. The SMILES string of the molecule is Cn1c(=O)n(C2CCC(CC(=O)OC(C)(C)C)CC2)c2c3cc(Br)ccc3ncc21. The molecule has 1 aliphatic rings. The molecular weight excluding hydrogens is 446 g/mol. The number of halogens is 1. The summed E-state index contributed by atoms with van der Waals surface area (Å²) in [6.45, 7) is 5.69. The van der Waals surface area contributed by atoms with Crippen LogP contribution >= 0.6 is 15.9 Å². The van der Waals surface area contributed by atoms with Crippen LogP contribution in [0.1, 0.15) is 58.9 Å². The first-order valence-corrected chi connectivity index (χ1v) is 11.3. The van der Waals surface area contributed by atoms with Crippen LogP contribution in [0.15, 0.2) is 33.7 Å². The first-order chi connectivity index (χ1) is 14.1. The predicted octanol–water partition coefficient (Wildman–Crippen LogP) is 5.11. The van der Waals surface area contributed by atoms with Crippen LogP contribution in [0.25, 0.3) is 21.9 Å². The van der Waals surface area contributed by atoms with E-state index in [0.717, 1.165) is 52.1 Å². The summed E-state index contributed by atoms with van der Waals surface area (Å²) in [5.74, 6) is 0.185. The van der Waals surface area contributed by atoms with Crippen LogP contribution in [0, 0.1) is 5.92 Å². The number of hydrogen-bond acceptors (Lipinski definition) is 4. The Bertz CT molecular complexity index is 1160. The molecule has 0 saturated heterocycles. The Morgan fingerprint density at radius 2 is 1.93 bits per heavy atom. The third-order valence-corrected chi connectivity index (χ3v) is 6.43. The van der Waals surface area contributed by atoms with E-state index in [9.17, 15) is 9.59 Å². The number of aryl methyl sites for hydroxylation is 1. The maximum atomic E-state index is 13.1. The molecule has 2 heterocycles. The van der Waals surface area contributed by atoms with Gasteiger partial charge in [0.2, 0.25) is 0 Å². The number of imidazole rings is 1. The highest BCUT2D eigenvalue weighted by Crippen LogP contribution is 2.36. The second kappa shape index (κ2) is 7.84. The fourth-order valence-electron chi connectivity index (χ4n) is 4.56. The van der Waals surface area contributed by atoms with Crippen molar-refractivity contribution >= 4 is 43.8 Å². The number of benzene rings is 1. The molecule has 0 radical (unpaired) electrons. The Kier molecular flexibility index (Phi) is 5.51. The average molecular weight is 474 g/mol. The number of esters is 1. The molecule has 1 saturated carbocycles. The second-order valence-corrected chi connectivity index (χ2v) is 10.2. The minimum atomic E-state index is -0.450. The third kappa shape index (κ3) is 4.04. The quantitative estimate of drug-likeness (QED) is 0.495. The van der Waals surface area contributed by atoms with Crippen molar-refractivity contribution in [3.63, 3.8) is 0 Å². The van der Waals surface area contributed by atoms with Gasteiger partial charge in [0, 0.05) is 29.4 Å². The summed E-state index contributed by atoms with van der Waals surface area (Å²) in [7, 11) is 1.81.